The van der Waals surface area contributed by atoms with E-state index in [2.05, 4.69) is 49.5 Å². The van der Waals surface area contributed by atoms with Crippen LogP contribution in [0, 0.1) is 0 Å². The van der Waals surface area contributed by atoms with E-state index in [4.69, 9.17) is 5.73 Å². The van der Waals surface area contributed by atoms with Crippen LogP contribution in [0.2, 0.25) is 0 Å². The lowest BCUT2D eigenvalue weighted by Gasteiger charge is -2.22. The summed E-state index contributed by atoms with van der Waals surface area (Å²) in [6.07, 6.45) is 7.85. The van der Waals surface area contributed by atoms with Gasteiger partial charge in [0.2, 0.25) is 0 Å². The second-order valence-electron chi connectivity index (χ2n) is 5.43. The molecule has 2 nitrogen and oxygen atoms in total. The quantitative estimate of drug-likeness (QED) is 0.625. The molecule has 1 rings (SSSR count). The number of benzene rings is 1. The number of unbranched alkanes of at least 4 members (excludes halogenated alkanes) is 4. The Morgan fingerprint density at radius 1 is 1.05 bits per heavy atom. The minimum atomic E-state index is 0.380. The molecule has 1 aromatic rings. The molecule has 0 spiro atoms. The van der Waals surface area contributed by atoms with Crippen LogP contribution in [0.5, 0.6) is 0 Å². The summed E-state index contributed by atoms with van der Waals surface area (Å²) in [6, 6.07) is 11.4. The summed E-state index contributed by atoms with van der Waals surface area (Å²) in [7, 11) is 0. The molecule has 0 saturated carbocycles. The van der Waals surface area contributed by atoms with Crippen LogP contribution in [0.25, 0.3) is 0 Å². The number of nitrogens with one attached hydrogen (secondary N) is 1. The Bertz CT molecular complexity index is 310. The van der Waals surface area contributed by atoms with Gasteiger partial charge in [-0.15, -0.1) is 0 Å². The van der Waals surface area contributed by atoms with Gasteiger partial charge in [0, 0.05) is 18.6 Å². The van der Waals surface area contributed by atoms with E-state index in [-0.39, 0.29) is 0 Å². The van der Waals surface area contributed by atoms with Crippen molar-refractivity contribution in [1.82, 2.24) is 5.32 Å². The van der Waals surface area contributed by atoms with Gasteiger partial charge in [-0.3, -0.25) is 0 Å². The van der Waals surface area contributed by atoms with E-state index < -0.39 is 0 Å². The summed E-state index contributed by atoms with van der Waals surface area (Å²) in [6.45, 7) is 5.20. The highest BCUT2D eigenvalue weighted by molar-refractivity contribution is 5.18. The second kappa shape index (κ2) is 9.99. The molecule has 19 heavy (non-hydrogen) atoms. The largest absolute Gasteiger partial charge is 0.329 e. The molecule has 2 atom stereocenters. The van der Waals surface area contributed by atoms with Crippen molar-refractivity contribution in [1.29, 1.82) is 0 Å². The fourth-order valence-corrected chi connectivity index (χ4v) is 2.46. The molecular weight excluding hydrogens is 232 g/mol. The van der Waals surface area contributed by atoms with Crippen molar-refractivity contribution in [2.45, 2.75) is 64.5 Å². The Hall–Kier alpha value is -0.860. The summed E-state index contributed by atoms with van der Waals surface area (Å²) in [5.74, 6) is 0. The van der Waals surface area contributed by atoms with Gasteiger partial charge < -0.3 is 11.1 Å². The van der Waals surface area contributed by atoms with E-state index in [0.29, 0.717) is 12.1 Å². The maximum absolute atomic E-state index is 5.88. The van der Waals surface area contributed by atoms with Gasteiger partial charge in [0.1, 0.15) is 0 Å². The van der Waals surface area contributed by atoms with Crippen LogP contribution in [0.15, 0.2) is 30.3 Å². The molecular formula is C17H30N2. The highest BCUT2D eigenvalue weighted by atomic mass is 15.0. The van der Waals surface area contributed by atoms with Crippen LogP contribution < -0.4 is 11.1 Å². The number of rotatable bonds is 10. The standard InChI is InChI=1S/C17H30N2/c1-3-4-5-6-10-13-17(14-18)19-15(2)16-11-8-7-9-12-16/h7-9,11-12,15,17,19H,3-6,10,13-14,18H2,1-2H3. The lowest BCUT2D eigenvalue weighted by molar-refractivity contribution is 0.419. The third kappa shape index (κ3) is 6.74. The Morgan fingerprint density at radius 3 is 2.37 bits per heavy atom. The highest BCUT2D eigenvalue weighted by Crippen LogP contribution is 2.14. The van der Waals surface area contributed by atoms with Crippen molar-refractivity contribution in [3.63, 3.8) is 0 Å². The Kier molecular flexibility index (Phi) is 8.52. The van der Waals surface area contributed by atoms with Crippen LogP contribution in [-0.4, -0.2) is 12.6 Å². The average Bonchev–Trinajstić information content (AvgIpc) is 2.46. The molecule has 2 heteroatoms. The molecule has 0 saturated heterocycles. The summed E-state index contributed by atoms with van der Waals surface area (Å²) in [5, 5.41) is 3.65. The first-order chi connectivity index (χ1) is 9.27. The minimum absolute atomic E-state index is 0.380. The molecule has 0 bridgehead atoms. The van der Waals surface area contributed by atoms with E-state index in [0.717, 1.165) is 6.54 Å². The molecule has 0 aliphatic rings. The van der Waals surface area contributed by atoms with Gasteiger partial charge >= 0.3 is 0 Å². The lowest BCUT2D eigenvalue weighted by atomic mass is 10.0. The maximum Gasteiger partial charge on any atom is 0.0294 e. The third-order valence-electron chi connectivity index (χ3n) is 3.73. The lowest BCUT2D eigenvalue weighted by Crippen LogP contribution is -2.37. The molecule has 1 aromatic carbocycles. The maximum atomic E-state index is 5.88. The van der Waals surface area contributed by atoms with Gasteiger partial charge in [0.05, 0.1) is 0 Å². The Labute approximate surface area is 118 Å². The van der Waals surface area contributed by atoms with Crippen LogP contribution in [0.3, 0.4) is 0 Å². The summed E-state index contributed by atoms with van der Waals surface area (Å²) in [5.41, 5.74) is 7.22. The average molecular weight is 262 g/mol. The third-order valence-corrected chi connectivity index (χ3v) is 3.73. The minimum Gasteiger partial charge on any atom is -0.329 e. The Balaban J connectivity index is 2.27. The first-order valence-electron chi connectivity index (χ1n) is 7.79. The van der Waals surface area contributed by atoms with Crippen molar-refractivity contribution in [3.8, 4) is 0 Å². The monoisotopic (exact) mass is 262 g/mol. The molecule has 0 radical (unpaired) electrons. The number of hydrogen-bond acceptors (Lipinski definition) is 2. The van der Waals surface area contributed by atoms with Crippen molar-refractivity contribution in [2.24, 2.45) is 5.73 Å². The molecule has 0 amide bonds. The van der Waals surface area contributed by atoms with Crippen LogP contribution in [0.1, 0.15) is 64.0 Å². The predicted octanol–water partition coefficient (Wildman–Crippen LogP) is 4.03. The molecule has 0 fully saturated rings. The van der Waals surface area contributed by atoms with Crippen molar-refractivity contribution >= 4 is 0 Å². The molecule has 3 N–H and O–H groups in total. The van der Waals surface area contributed by atoms with Crippen molar-refractivity contribution in [2.75, 3.05) is 6.54 Å². The normalized spacial score (nSPS) is 14.3. The van der Waals surface area contributed by atoms with Crippen LogP contribution >= 0.6 is 0 Å². The zero-order valence-electron chi connectivity index (χ0n) is 12.6. The fourth-order valence-electron chi connectivity index (χ4n) is 2.46. The first kappa shape index (κ1) is 16.2. The summed E-state index contributed by atoms with van der Waals surface area (Å²) < 4.78 is 0. The molecule has 0 aromatic heterocycles. The van der Waals surface area contributed by atoms with E-state index in [1.165, 1.54) is 44.1 Å². The van der Waals surface area contributed by atoms with Crippen molar-refractivity contribution < 1.29 is 0 Å². The van der Waals surface area contributed by atoms with E-state index in [1.807, 2.05) is 0 Å². The summed E-state index contributed by atoms with van der Waals surface area (Å²) in [4.78, 5) is 0. The number of hydrogen-bond donors (Lipinski definition) is 2. The van der Waals surface area contributed by atoms with Gasteiger partial charge in [-0.05, 0) is 18.9 Å². The zero-order chi connectivity index (χ0) is 13.9. The van der Waals surface area contributed by atoms with Gasteiger partial charge in [0.25, 0.3) is 0 Å². The van der Waals surface area contributed by atoms with E-state index in [1.54, 1.807) is 0 Å². The second-order valence-corrected chi connectivity index (χ2v) is 5.43. The van der Waals surface area contributed by atoms with Gasteiger partial charge in [0.15, 0.2) is 0 Å². The van der Waals surface area contributed by atoms with Crippen molar-refractivity contribution in [3.05, 3.63) is 35.9 Å². The molecule has 108 valence electrons. The first-order valence-corrected chi connectivity index (χ1v) is 7.79. The van der Waals surface area contributed by atoms with E-state index in [9.17, 15) is 0 Å². The SMILES string of the molecule is CCCCCCCC(CN)NC(C)c1ccccc1. The topological polar surface area (TPSA) is 38.0 Å². The molecule has 0 heterocycles. The number of nitrogens with two attached hydrogens (primary N) is 1. The van der Waals surface area contributed by atoms with E-state index >= 15 is 0 Å². The van der Waals surface area contributed by atoms with Gasteiger partial charge in [-0.1, -0.05) is 69.4 Å². The van der Waals surface area contributed by atoms with Gasteiger partial charge in [-0.2, -0.15) is 0 Å². The Morgan fingerprint density at radius 2 is 1.74 bits per heavy atom. The van der Waals surface area contributed by atoms with Crippen LogP contribution in [-0.2, 0) is 0 Å². The zero-order valence-corrected chi connectivity index (χ0v) is 12.6. The molecule has 0 aliphatic heterocycles. The van der Waals surface area contributed by atoms with Crippen LogP contribution in [0.4, 0.5) is 0 Å². The molecule has 2 unspecified atom stereocenters. The smallest absolute Gasteiger partial charge is 0.0294 e. The fraction of sp³-hybridized carbons (Fsp3) is 0.647. The molecule has 0 aliphatic carbocycles. The summed E-state index contributed by atoms with van der Waals surface area (Å²) >= 11 is 0. The van der Waals surface area contributed by atoms with Gasteiger partial charge in [-0.25, -0.2) is 0 Å². The highest BCUT2D eigenvalue weighted by Gasteiger charge is 2.11. The predicted molar refractivity (Wildman–Crippen MR) is 84.2 cm³/mol.